The first-order valence-electron chi connectivity index (χ1n) is 8.61. The van der Waals surface area contributed by atoms with Crippen LogP contribution in [0.1, 0.15) is 23.2 Å². The Morgan fingerprint density at radius 2 is 2.00 bits per heavy atom. The summed E-state index contributed by atoms with van der Waals surface area (Å²) in [6.07, 6.45) is 3.51. The van der Waals surface area contributed by atoms with Crippen molar-refractivity contribution in [3.63, 3.8) is 0 Å². The third-order valence-electron chi connectivity index (χ3n) is 4.04. The summed E-state index contributed by atoms with van der Waals surface area (Å²) in [5.74, 6) is 1.75. The fraction of sp³-hybridized carbons (Fsp3) is 0.412. The number of hydrogen-bond donors (Lipinski definition) is 2. The molecule has 0 aliphatic carbocycles. The van der Waals surface area contributed by atoms with Crippen LogP contribution < -0.4 is 16.0 Å². The van der Waals surface area contributed by atoms with Crippen molar-refractivity contribution in [1.82, 2.24) is 20.2 Å². The van der Waals surface area contributed by atoms with Gasteiger partial charge in [-0.15, -0.1) is 0 Å². The molecule has 9 nitrogen and oxygen atoms in total. The zero-order chi connectivity index (χ0) is 18.4. The fourth-order valence-corrected chi connectivity index (χ4v) is 2.75. The fourth-order valence-electron chi connectivity index (χ4n) is 2.75. The highest BCUT2D eigenvalue weighted by atomic mass is 16.3. The first kappa shape index (κ1) is 17.7. The molecular formula is C17H23N7O2. The van der Waals surface area contributed by atoms with Gasteiger partial charge < -0.3 is 25.3 Å². The number of primary amides is 1. The number of carbonyl (C=O) groups excluding carboxylic acids is 1. The van der Waals surface area contributed by atoms with E-state index in [1.54, 1.807) is 24.5 Å². The van der Waals surface area contributed by atoms with Crippen molar-refractivity contribution in [1.29, 1.82) is 0 Å². The third-order valence-corrected chi connectivity index (χ3v) is 4.04. The molecule has 0 unspecified atom stereocenters. The zero-order valence-corrected chi connectivity index (χ0v) is 14.8. The Morgan fingerprint density at radius 1 is 1.27 bits per heavy atom. The summed E-state index contributed by atoms with van der Waals surface area (Å²) in [6.45, 7) is 6.41. The molecule has 0 bridgehead atoms. The Morgan fingerprint density at radius 3 is 2.62 bits per heavy atom. The van der Waals surface area contributed by atoms with Crippen molar-refractivity contribution in [3.05, 3.63) is 42.1 Å². The molecule has 0 radical (unpaired) electrons. The number of amides is 1. The number of hydrogen-bond acceptors (Lipinski definition) is 6. The summed E-state index contributed by atoms with van der Waals surface area (Å²) in [7, 11) is 0. The third kappa shape index (κ3) is 4.29. The molecule has 0 aromatic carbocycles. The average molecular weight is 357 g/mol. The van der Waals surface area contributed by atoms with Gasteiger partial charge in [0, 0.05) is 45.1 Å². The van der Waals surface area contributed by atoms with E-state index < -0.39 is 5.91 Å². The van der Waals surface area contributed by atoms with Crippen LogP contribution in [-0.2, 0) is 6.54 Å². The van der Waals surface area contributed by atoms with Crippen LogP contribution in [0.2, 0.25) is 0 Å². The van der Waals surface area contributed by atoms with Gasteiger partial charge in [0.2, 0.25) is 5.95 Å². The molecule has 3 rings (SSSR count). The lowest BCUT2D eigenvalue weighted by molar-refractivity contribution is 0.0972. The van der Waals surface area contributed by atoms with Crippen molar-refractivity contribution in [2.45, 2.75) is 13.5 Å². The molecule has 1 saturated heterocycles. The number of anilines is 1. The predicted octanol–water partition coefficient (Wildman–Crippen LogP) is 0.456. The number of carbonyl (C=O) groups is 1. The molecule has 3 N–H and O–H groups in total. The Bertz CT molecular complexity index is 751. The summed E-state index contributed by atoms with van der Waals surface area (Å²) in [5, 5.41) is 3.30. The van der Waals surface area contributed by atoms with Crippen molar-refractivity contribution in [2.24, 2.45) is 10.7 Å². The molecule has 0 saturated carbocycles. The highest BCUT2D eigenvalue weighted by Gasteiger charge is 2.21. The predicted molar refractivity (Wildman–Crippen MR) is 97.9 cm³/mol. The first-order valence-corrected chi connectivity index (χ1v) is 8.61. The van der Waals surface area contributed by atoms with E-state index >= 15 is 0 Å². The SMILES string of the molecule is CCNC(=NCc1ccc(C(N)=O)o1)N1CCN(c2ncccn2)CC1. The average Bonchev–Trinajstić information content (AvgIpc) is 3.15. The number of nitrogens with one attached hydrogen (secondary N) is 1. The Labute approximate surface area is 151 Å². The molecule has 0 spiro atoms. The number of nitrogens with two attached hydrogens (primary N) is 1. The van der Waals surface area contributed by atoms with Crippen LogP contribution in [-0.4, -0.2) is 59.5 Å². The standard InChI is InChI=1S/C17H23N7O2/c1-2-19-16(22-12-13-4-5-14(26-13)15(18)25)23-8-10-24(11-9-23)17-20-6-3-7-21-17/h3-7H,2,8-12H2,1H3,(H2,18,25)(H,19,22). The molecule has 1 amide bonds. The van der Waals surface area contributed by atoms with Crippen LogP contribution in [0.5, 0.6) is 0 Å². The van der Waals surface area contributed by atoms with Gasteiger partial charge in [-0.05, 0) is 25.1 Å². The molecule has 1 fully saturated rings. The van der Waals surface area contributed by atoms with Crippen LogP contribution in [0, 0.1) is 0 Å². The van der Waals surface area contributed by atoms with Gasteiger partial charge in [-0.25, -0.2) is 15.0 Å². The second-order valence-corrected chi connectivity index (χ2v) is 5.82. The lowest BCUT2D eigenvalue weighted by atomic mass is 10.3. The van der Waals surface area contributed by atoms with Crippen molar-refractivity contribution in [3.8, 4) is 0 Å². The molecule has 1 aliphatic rings. The molecule has 1 aliphatic heterocycles. The van der Waals surface area contributed by atoms with Gasteiger partial charge in [-0.2, -0.15) is 0 Å². The van der Waals surface area contributed by atoms with Crippen LogP contribution in [0.4, 0.5) is 5.95 Å². The molecule has 0 atom stereocenters. The number of nitrogens with zero attached hydrogens (tertiary/aromatic N) is 5. The summed E-state index contributed by atoms with van der Waals surface area (Å²) in [5.41, 5.74) is 5.20. The van der Waals surface area contributed by atoms with E-state index in [-0.39, 0.29) is 5.76 Å². The maximum atomic E-state index is 11.1. The number of furan rings is 1. The van der Waals surface area contributed by atoms with Crippen LogP contribution in [0.3, 0.4) is 0 Å². The highest BCUT2D eigenvalue weighted by molar-refractivity contribution is 5.89. The lowest BCUT2D eigenvalue weighted by Crippen LogP contribution is -2.52. The number of piperazine rings is 1. The Hall–Kier alpha value is -3.10. The molecule has 2 aromatic rings. The van der Waals surface area contributed by atoms with Gasteiger partial charge in [-0.1, -0.05) is 0 Å². The molecule has 26 heavy (non-hydrogen) atoms. The van der Waals surface area contributed by atoms with Gasteiger partial charge in [0.05, 0.1) is 0 Å². The number of aromatic nitrogens is 2. The smallest absolute Gasteiger partial charge is 0.284 e. The topological polar surface area (TPSA) is 113 Å². The number of rotatable bonds is 5. The second kappa shape index (κ2) is 8.32. The lowest BCUT2D eigenvalue weighted by Gasteiger charge is -2.36. The first-order chi connectivity index (χ1) is 12.7. The van der Waals surface area contributed by atoms with Gasteiger partial charge in [0.25, 0.3) is 5.91 Å². The molecule has 3 heterocycles. The van der Waals surface area contributed by atoms with E-state index in [4.69, 9.17) is 10.2 Å². The monoisotopic (exact) mass is 357 g/mol. The van der Waals surface area contributed by atoms with Gasteiger partial charge >= 0.3 is 0 Å². The van der Waals surface area contributed by atoms with E-state index in [1.165, 1.54) is 0 Å². The minimum atomic E-state index is -0.577. The summed E-state index contributed by atoms with van der Waals surface area (Å²) >= 11 is 0. The largest absolute Gasteiger partial charge is 0.454 e. The van der Waals surface area contributed by atoms with Gasteiger partial charge in [0.15, 0.2) is 11.7 Å². The minimum absolute atomic E-state index is 0.150. The zero-order valence-electron chi connectivity index (χ0n) is 14.8. The van der Waals surface area contributed by atoms with Crippen molar-refractivity contribution < 1.29 is 9.21 Å². The van der Waals surface area contributed by atoms with E-state index in [1.807, 2.05) is 13.0 Å². The molecular weight excluding hydrogens is 334 g/mol. The van der Waals surface area contributed by atoms with E-state index in [0.717, 1.165) is 44.6 Å². The minimum Gasteiger partial charge on any atom is -0.454 e. The van der Waals surface area contributed by atoms with Crippen LogP contribution in [0.25, 0.3) is 0 Å². The maximum Gasteiger partial charge on any atom is 0.284 e. The van der Waals surface area contributed by atoms with Gasteiger partial charge in [0.1, 0.15) is 12.3 Å². The summed E-state index contributed by atoms with van der Waals surface area (Å²) < 4.78 is 5.38. The molecule has 9 heteroatoms. The summed E-state index contributed by atoms with van der Waals surface area (Å²) in [4.78, 5) is 28.7. The van der Waals surface area contributed by atoms with E-state index in [2.05, 4.69) is 30.1 Å². The van der Waals surface area contributed by atoms with E-state index in [0.29, 0.717) is 12.3 Å². The number of aliphatic imine (C=N–C) groups is 1. The Balaban J connectivity index is 1.61. The van der Waals surface area contributed by atoms with Crippen molar-refractivity contribution >= 4 is 17.8 Å². The summed E-state index contributed by atoms with van der Waals surface area (Å²) in [6, 6.07) is 5.10. The van der Waals surface area contributed by atoms with Crippen LogP contribution in [0.15, 0.2) is 40.0 Å². The van der Waals surface area contributed by atoms with Crippen molar-refractivity contribution in [2.75, 3.05) is 37.6 Å². The van der Waals surface area contributed by atoms with E-state index in [9.17, 15) is 4.79 Å². The molecule has 2 aromatic heterocycles. The Kier molecular flexibility index (Phi) is 5.67. The highest BCUT2D eigenvalue weighted by Crippen LogP contribution is 2.11. The van der Waals surface area contributed by atoms with Gasteiger partial charge in [-0.3, -0.25) is 4.79 Å². The molecule has 138 valence electrons. The van der Waals surface area contributed by atoms with Crippen LogP contribution >= 0.6 is 0 Å². The quantitative estimate of drug-likeness (QED) is 0.590. The second-order valence-electron chi connectivity index (χ2n) is 5.82. The number of guanidine groups is 1. The maximum absolute atomic E-state index is 11.1. The normalized spacial score (nSPS) is 15.2.